The van der Waals surface area contributed by atoms with E-state index in [0.717, 1.165) is 17.1 Å². The summed E-state index contributed by atoms with van der Waals surface area (Å²) in [5.74, 6) is 2.77. The number of aryl methyl sites for hydroxylation is 1. The minimum absolute atomic E-state index is 0.598. The summed E-state index contributed by atoms with van der Waals surface area (Å²) >= 11 is 6.20. The van der Waals surface area contributed by atoms with Gasteiger partial charge < -0.3 is 15.4 Å². The normalized spacial score (nSPS) is 10.4. The lowest BCUT2D eigenvalue weighted by atomic mass is 10.3. The fraction of sp³-hybridized carbons (Fsp3) is 0.158. The van der Waals surface area contributed by atoms with E-state index in [9.17, 15) is 0 Å². The quantitative estimate of drug-likeness (QED) is 0.627. The van der Waals surface area contributed by atoms with Gasteiger partial charge in [0.25, 0.3) is 0 Å². The second-order valence-corrected chi connectivity index (χ2v) is 5.75. The second-order valence-electron chi connectivity index (χ2n) is 5.34. The van der Waals surface area contributed by atoms with Gasteiger partial charge in [-0.2, -0.15) is 0 Å². The van der Waals surface area contributed by atoms with Gasteiger partial charge in [-0.25, -0.2) is 9.97 Å². The number of aromatic nitrogens is 2. The molecule has 6 heteroatoms. The van der Waals surface area contributed by atoms with Crippen molar-refractivity contribution in [3.8, 4) is 5.75 Å². The van der Waals surface area contributed by atoms with Crippen LogP contribution in [0.3, 0.4) is 0 Å². The molecule has 0 aliphatic heterocycles. The molecule has 0 atom stereocenters. The van der Waals surface area contributed by atoms with E-state index in [4.69, 9.17) is 16.3 Å². The second kappa shape index (κ2) is 7.85. The van der Waals surface area contributed by atoms with Crippen LogP contribution in [0.25, 0.3) is 0 Å². The molecule has 0 aliphatic rings. The molecule has 0 bridgehead atoms. The number of para-hydroxylation sites is 3. The van der Waals surface area contributed by atoms with Crippen molar-refractivity contribution >= 4 is 34.6 Å². The molecule has 0 saturated carbocycles. The highest BCUT2D eigenvalue weighted by Gasteiger charge is 2.07. The van der Waals surface area contributed by atoms with Gasteiger partial charge in [0.2, 0.25) is 0 Å². The molecule has 0 aliphatic carbocycles. The third-order valence-electron chi connectivity index (χ3n) is 3.42. The Morgan fingerprint density at radius 1 is 0.920 bits per heavy atom. The molecule has 1 aromatic heterocycles. The summed E-state index contributed by atoms with van der Waals surface area (Å²) < 4.78 is 5.64. The van der Waals surface area contributed by atoms with Gasteiger partial charge >= 0.3 is 0 Å². The number of anilines is 4. The molecule has 0 saturated heterocycles. The topological polar surface area (TPSA) is 59.1 Å². The zero-order chi connectivity index (χ0) is 17.6. The van der Waals surface area contributed by atoms with E-state index >= 15 is 0 Å². The van der Waals surface area contributed by atoms with Crippen LogP contribution in [-0.4, -0.2) is 16.6 Å². The Morgan fingerprint density at radius 3 is 2.20 bits per heavy atom. The van der Waals surface area contributed by atoms with Gasteiger partial charge in [0, 0.05) is 6.07 Å². The van der Waals surface area contributed by atoms with Gasteiger partial charge in [0.1, 0.15) is 23.2 Å². The van der Waals surface area contributed by atoms with Crippen LogP contribution < -0.4 is 15.4 Å². The van der Waals surface area contributed by atoms with Crippen molar-refractivity contribution in [3.63, 3.8) is 0 Å². The molecule has 3 aromatic rings. The maximum absolute atomic E-state index is 6.20. The van der Waals surface area contributed by atoms with Crippen molar-refractivity contribution in [1.29, 1.82) is 0 Å². The highest BCUT2D eigenvalue weighted by atomic mass is 35.5. The van der Waals surface area contributed by atoms with Gasteiger partial charge in [0.05, 0.1) is 23.0 Å². The monoisotopic (exact) mass is 354 g/mol. The maximum atomic E-state index is 6.20. The van der Waals surface area contributed by atoms with Crippen molar-refractivity contribution in [2.45, 2.75) is 13.8 Å². The number of rotatable bonds is 6. The fourth-order valence-corrected chi connectivity index (χ4v) is 2.57. The van der Waals surface area contributed by atoms with Gasteiger partial charge in [-0.1, -0.05) is 35.9 Å². The van der Waals surface area contributed by atoms with Gasteiger partial charge in [-0.05, 0) is 38.1 Å². The fourth-order valence-electron chi connectivity index (χ4n) is 2.39. The Labute approximate surface area is 152 Å². The number of nitrogens with zero attached hydrogens (tertiary/aromatic N) is 2. The van der Waals surface area contributed by atoms with Crippen LogP contribution in [0.2, 0.25) is 5.02 Å². The lowest BCUT2D eigenvalue weighted by Gasteiger charge is -2.13. The summed E-state index contributed by atoms with van der Waals surface area (Å²) in [4.78, 5) is 8.86. The lowest BCUT2D eigenvalue weighted by Crippen LogP contribution is -2.03. The molecule has 3 rings (SSSR count). The highest BCUT2D eigenvalue weighted by molar-refractivity contribution is 6.33. The summed E-state index contributed by atoms with van der Waals surface area (Å²) in [5.41, 5.74) is 1.65. The first kappa shape index (κ1) is 17.0. The average molecular weight is 355 g/mol. The van der Waals surface area contributed by atoms with Crippen molar-refractivity contribution in [3.05, 3.63) is 65.4 Å². The first-order chi connectivity index (χ1) is 12.2. The SMILES string of the molecule is CCOc1ccccc1Nc1cc(Nc2ccccc2Cl)nc(C)n1. The molecule has 0 unspecified atom stereocenters. The number of ether oxygens (including phenoxy) is 1. The first-order valence-corrected chi connectivity index (χ1v) is 8.39. The van der Waals surface area contributed by atoms with Crippen LogP contribution >= 0.6 is 11.6 Å². The number of halogens is 1. The Bertz CT molecular complexity index is 870. The standard InChI is InChI=1S/C19H19ClN4O/c1-3-25-17-11-7-6-10-16(17)24-19-12-18(21-13(2)22-19)23-15-9-5-4-8-14(15)20/h4-12H,3H2,1-2H3,(H2,21,22,23,24). The smallest absolute Gasteiger partial charge is 0.142 e. The van der Waals surface area contributed by atoms with Crippen LogP contribution in [0.5, 0.6) is 5.75 Å². The predicted octanol–water partition coefficient (Wildman–Crippen LogP) is 5.32. The summed E-state index contributed by atoms with van der Waals surface area (Å²) in [5, 5.41) is 7.15. The Kier molecular flexibility index (Phi) is 5.36. The number of benzene rings is 2. The van der Waals surface area contributed by atoms with Crippen LogP contribution in [0.15, 0.2) is 54.6 Å². The Morgan fingerprint density at radius 2 is 1.52 bits per heavy atom. The minimum atomic E-state index is 0.598. The summed E-state index contributed by atoms with van der Waals surface area (Å²) in [6.45, 7) is 4.40. The molecule has 25 heavy (non-hydrogen) atoms. The molecule has 5 nitrogen and oxygen atoms in total. The van der Waals surface area contributed by atoms with Crippen LogP contribution in [0.1, 0.15) is 12.7 Å². The molecule has 0 fully saturated rings. The van der Waals surface area contributed by atoms with E-state index < -0.39 is 0 Å². The van der Waals surface area contributed by atoms with Crippen LogP contribution in [0.4, 0.5) is 23.0 Å². The molecular weight excluding hydrogens is 336 g/mol. The van der Waals surface area contributed by atoms with E-state index in [-0.39, 0.29) is 0 Å². The van der Waals surface area contributed by atoms with E-state index in [0.29, 0.717) is 29.1 Å². The minimum Gasteiger partial charge on any atom is -0.492 e. The molecule has 2 aromatic carbocycles. The van der Waals surface area contributed by atoms with Crippen molar-refractivity contribution in [2.75, 3.05) is 17.2 Å². The van der Waals surface area contributed by atoms with Crippen LogP contribution in [0, 0.1) is 6.92 Å². The predicted molar refractivity (Wildman–Crippen MR) is 102 cm³/mol. The number of nitrogens with one attached hydrogen (secondary N) is 2. The van der Waals surface area contributed by atoms with Crippen LogP contribution in [-0.2, 0) is 0 Å². The van der Waals surface area contributed by atoms with Gasteiger partial charge in [0.15, 0.2) is 0 Å². The molecule has 0 amide bonds. The summed E-state index contributed by atoms with van der Waals surface area (Å²) in [7, 11) is 0. The molecule has 128 valence electrons. The number of hydrogen-bond donors (Lipinski definition) is 2. The zero-order valence-corrected chi connectivity index (χ0v) is 14.8. The maximum Gasteiger partial charge on any atom is 0.142 e. The Hall–Kier alpha value is -2.79. The van der Waals surface area contributed by atoms with E-state index in [1.165, 1.54) is 0 Å². The molecule has 0 radical (unpaired) electrons. The summed E-state index contributed by atoms with van der Waals surface area (Å²) in [6.07, 6.45) is 0. The summed E-state index contributed by atoms with van der Waals surface area (Å²) in [6, 6.07) is 17.1. The molecule has 2 N–H and O–H groups in total. The largest absolute Gasteiger partial charge is 0.492 e. The van der Waals surface area contributed by atoms with E-state index in [1.54, 1.807) is 0 Å². The molecular formula is C19H19ClN4O. The van der Waals surface area contributed by atoms with Crippen molar-refractivity contribution < 1.29 is 4.74 Å². The first-order valence-electron chi connectivity index (χ1n) is 8.02. The molecule has 1 heterocycles. The van der Waals surface area contributed by atoms with Crippen molar-refractivity contribution in [1.82, 2.24) is 9.97 Å². The molecule has 0 spiro atoms. The third kappa shape index (κ3) is 4.39. The van der Waals surface area contributed by atoms with E-state index in [2.05, 4.69) is 20.6 Å². The highest BCUT2D eigenvalue weighted by Crippen LogP contribution is 2.29. The third-order valence-corrected chi connectivity index (χ3v) is 3.75. The van der Waals surface area contributed by atoms with Gasteiger partial charge in [-0.3, -0.25) is 0 Å². The van der Waals surface area contributed by atoms with E-state index in [1.807, 2.05) is 68.4 Å². The van der Waals surface area contributed by atoms with Crippen molar-refractivity contribution in [2.24, 2.45) is 0 Å². The zero-order valence-electron chi connectivity index (χ0n) is 14.1. The van der Waals surface area contributed by atoms with Gasteiger partial charge in [-0.15, -0.1) is 0 Å². The average Bonchev–Trinajstić information content (AvgIpc) is 2.58. The Balaban J connectivity index is 1.86. The number of hydrogen-bond acceptors (Lipinski definition) is 5. The lowest BCUT2D eigenvalue weighted by molar-refractivity contribution is 0.342.